The number of phosphoric acid groups is 1. The van der Waals surface area contributed by atoms with Crippen molar-refractivity contribution in [1.29, 1.82) is 0 Å². The van der Waals surface area contributed by atoms with Crippen molar-refractivity contribution in [3.8, 4) is 0 Å². The lowest BCUT2D eigenvalue weighted by Gasteiger charge is -2.28. The number of esters is 1. The van der Waals surface area contributed by atoms with E-state index in [1.54, 1.807) is 0 Å². The number of rotatable bonds is 37. The van der Waals surface area contributed by atoms with E-state index in [2.05, 4.69) is 13.8 Å². The third kappa shape index (κ3) is 36.6. The van der Waals surface area contributed by atoms with Crippen molar-refractivity contribution in [2.24, 2.45) is 0 Å². The number of ether oxygens (including phenoxy) is 2. The highest BCUT2D eigenvalue weighted by molar-refractivity contribution is 7.45. The monoisotopic (exact) mass is 692 g/mol. The molecule has 47 heavy (non-hydrogen) atoms. The quantitative estimate of drug-likeness (QED) is 0.0277. The van der Waals surface area contributed by atoms with Gasteiger partial charge in [-0.05, 0) is 12.8 Å². The van der Waals surface area contributed by atoms with Crippen molar-refractivity contribution < 1.29 is 37.3 Å². The summed E-state index contributed by atoms with van der Waals surface area (Å²) in [5.41, 5.74) is 0. The van der Waals surface area contributed by atoms with Gasteiger partial charge in [0.25, 0.3) is 7.82 Å². The number of carbonyl (C=O) groups excluding carboxylic acids is 1. The number of likely N-dealkylation sites (N-methyl/N-ethyl adjacent to an activating group) is 1. The SMILES string of the molecule is CCCCCCCCCCCCCCCCCCCCCCCOCC(COP(=O)([O-])OCC[N+](C)(C)C)OC(=O)CCCCCC. The molecule has 282 valence electrons. The number of carbonyl (C=O) groups is 1. The van der Waals surface area contributed by atoms with Gasteiger partial charge in [-0.3, -0.25) is 9.36 Å². The Kier molecular flexibility index (Phi) is 32.3. The highest BCUT2D eigenvalue weighted by atomic mass is 31.2. The van der Waals surface area contributed by atoms with Crippen LogP contribution in [0, 0.1) is 0 Å². The Morgan fingerprint density at radius 1 is 0.574 bits per heavy atom. The molecule has 0 heterocycles. The molecule has 0 bridgehead atoms. The topological polar surface area (TPSA) is 94.1 Å². The van der Waals surface area contributed by atoms with E-state index in [9.17, 15) is 14.3 Å². The molecule has 0 amide bonds. The van der Waals surface area contributed by atoms with Gasteiger partial charge in [-0.2, -0.15) is 0 Å². The minimum Gasteiger partial charge on any atom is -0.756 e. The van der Waals surface area contributed by atoms with Crippen LogP contribution in [-0.4, -0.2) is 70.7 Å². The Bertz CT molecular complexity index is 731. The highest BCUT2D eigenvalue weighted by Gasteiger charge is 2.20. The van der Waals surface area contributed by atoms with E-state index in [1.165, 1.54) is 122 Å². The van der Waals surface area contributed by atoms with Crippen molar-refractivity contribution in [3.05, 3.63) is 0 Å². The summed E-state index contributed by atoms with van der Waals surface area (Å²) in [6.45, 7) is 5.32. The van der Waals surface area contributed by atoms with Gasteiger partial charge in [-0.15, -0.1) is 0 Å². The van der Waals surface area contributed by atoms with E-state index in [1.807, 2.05) is 21.1 Å². The maximum atomic E-state index is 12.3. The first-order chi connectivity index (χ1) is 22.6. The molecular formula is C38H78NO7P. The largest absolute Gasteiger partial charge is 0.756 e. The van der Waals surface area contributed by atoms with Crippen LogP contribution in [0.2, 0.25) is 0 Å². The molecule has 0 aliphatic heterocycles. The average molecular weight is 692 g/mol. The van der Waals surface area contributed by atoms with Gasteiger partial charge in [-0.25, -0.2) is 0 Å². The number of hydrogen-bond acceptors (Lipinski definition) is 7. The van der Waals surface area contributed by atoms with Gasteiger partial charge >= 0.3 is 5.97 Å². The Hall–Kier alpha value is -0.500. The van der Waals surface area contributed by atoms with Crippen LogP contribution in [0.5, 0.6) is 0 Å². The molecule has 2 unspecified atom stereocenters. The second kappa shape index (κ2) is 32.7. The smallest absolute Gasteiger partial charge is 0.306 e. The van der Waals surface area contributed by atoms with Crippen LogP contribution in [0.1, 0.15) is 181 Å². The molecule has 0 N–H and O–H groups in total. The molecule has 8 nitrogen and oxygen atoms in total. The molecule has 0 aromatic heterocycles. The number of phosphoric ester groups is 1. The minimum atomic E-state index is -4.50. The first kappa shape index (κ1) is 46.5. The van der Waals surface area contributed by atoms with Crippen LogP contribution < -0.4 is 4.89 Å². The zero-order chi connectivity index (χ0) is 34.9. The second-order valence-corrected chi connectivity index (χ2v) is 16.1. The molecule has 0 radical (unpaired) electrons. The lowest BCUT2D eigenvalue weighted by atomic mass is 10.0. The Labute approximate surface area is 291 Å². The van der Waals surface area contributed by atoms with Crippen molar-refractivity contribution in [1.82, 2.24) is 0 Å². The van der Waals surface area contributed by atoms with E-state index in [-0.39, 0.29) is 25.8 Å². The number of quaternary nitrogens is 1. The highest BCUT2D eigenvalue weighted by Crippen LogP contribution is 2.38. The van der Waals surface area contributed by atoms with Crippen molar-refractivity contribution in [2.45, 2.75) is 187 Å². The van der Waals surface area contributed by atoms with E-state index >= 15 is 0 Å². The molecular weight excluding hydrogens is 613 g/mol. The van der Waals surface area contributed by atoms with E-state index in [0.717, 1.165) is 38.5 Å². The fourth-order valence-electron chi connectivity index (χ4n) is 5.55. The molecule has 0 aromatic rings. The van der Waals surface area contributed by atoms with Gasteiger partial charge in [-0.1, -0.05) is 162 Å². The molecule has 2 atom stereocenters. The van der Waals surface area contributed by atoms with Crippen molar-refractivity contribution >= 4 is 13.8 Å². The standard InChI is InChI=1S/C38H78NO7P/c1-6-8-10-12-13-14-15-16-17-18-19-20-21-22-23-24-25-26-27-28-30-33-43-35-37(46-38(40)31-29-11-9-7-2)36-45-47(41,42)44-34-32-39(3,4)5/h37H,6-36H2,1-5H3. The van der Waals surface area contributed by atoms with E-state index < -0.39 is 13.9 Å². The molecule has 0 aromatic carbocycles. The summed E-state index contributed by atoms with van der Waals surface area (Å²) < 4.78 is 34.2. The Balaban J connectivity index is 3.89. The molecule has 0 fully saturated rings. The fourth-order valence-corrected chi connectivity index (χ4v) is 6.27. The van der Waals surface area contributed by atoms with E-state index in [4.69, 9.17) is 18.5 Å². The van der Waals surface area contributed by atoms with Crippen LogP contribution in [0.4, 0.5) is 0 Å². The zero-order valence-corrected chi connectivity index (χ0v) is 32.6. The van der Waals surface area contributed by atoms with Gasteiger partial charge in [0.05, 0.1) is 34.4 Å². The summed E-state index contributed by atoms with van der Waals surface area (Å²) in [4.78, 5) is 24.6. The summed E-state index contributed by atoms with van der Waals surface area (Å²) in [7, 11) is 1.37. The predicted octanol–water partition coefficient (Wildman–Crippen LogP) is 10.3. The molecule has 9 heteroatoms. The molecule has 0 spiro atoms. The average Bonchev–Trinajstić information content (AvgIpc) is 3.01. The Morgan fingerprint density at radius 2 is 0.979 bits per heavy atom. The van der Waals surface area contributed by atoms with Crippen LogP contribution in [0.3, 0.4) is 0 Å². The minimum absolute atomic E-state index is 0.0299. The van der Waals surface area contributed by atoms with Gasteiger partial charge in [0.15, 0.2) is 0 Å². The van der Waals surface area contributed by atoms with Gasteiger partial charge in [0.1, 0.15) is 19.3 Å². The first-order valence-corrected chi connectivity index (χ1v) is 21.2. The molecule has 0 aliphatic carbocycles. The van der Waals surface area contributed by atoms with E-state index in [0.29, 0.717) is 24.1 Å². The van der Waals surface area contributed by atoms with Crippen molar-refractivity contribution in [2.75, 3.05) is 54.1 Å². The fraction of sp³-hybridized carbons (Fsp3) is 0.974. The van der Waals surface area contributed by atoms with Crippen LogP contribution in [0.15, 0.2) is 0 Å². The molecule has 0 saturated heterocycles. The van der Waals surface area contributed by atoms with Crippen molar-refractivity contribution in [3.63, 3.8) is 0 Å². The summed E-state index contributed by atoms with van der Waals surface area (Å²) in [5.74, 6) is -0.348. The zero-order valence-electron chi connectivity index (χ0n) is 31.7. The summed E-state index contributed by atoms with van der Waals surface area (Å²) in [5, 5.41) is 0. The van der Waals surface area contributed by atoms with Crippen LogP contribution in [0.25, 0.3) is 0 Å². The third-order valence-electron chi connectivity index (χ3n) is 8.66. The normalized spacial score (nSPS) is 13.9. The Morgan fingerprint density at radius 3 is 1.40 bits per heavy atom. The predicted molar refractivity (Wildman–Crippen MR) is 194 cm³/mol. The van der Waals surface area contributed by atoms with Crippen LogP contribution >= 0.6 is 7.82 Å². The van der Waals surface area contributed by atoms with Crippen LogP contribution in [-0.2, 0) is 27.9 Å². The van der Waals surface area contributed by atoms with Gasteiger partial charge in [0.2, 0.25) is 0 Å². The second-order valence-electron chi connectivity index (χ2n) is 14.7. The summed E-state index contributed by atoms with van der Waals surface area (Å²) in [6, 6.07) is 0. The summed E-state index contributed by atoms with van der Waals surface area (Å²) in [6.07, 6.45) is 31.7. The summed E-state index contributed by atoms with van der Waals surface area (Å²) >= 11 is 0. The number of unbranched alkanes of at least 4 members (excludes halogenated alkanes) is 23. The molecule has 0 aliphatic rings. The lowest BCUT2D eigenvalue weighted by Crippen LogP contribution is -2.37. The van der Waals surface area contributed by atoms with Gasteiger partial charge < -0.3 is 27.9 Å². The maximum Gasteiger partial charge on any atom is 0.306 e. The molecule has 0 rings (SSSR count). The first-order valence-electron chi connectivity index (χ1n) is 19.8. The van der Waals surface area contributed by atoms with Gasteiger partial charge in [0, 0.05) is 13.0 Å². The maximum absolute atomic E-state index is 12.3. The lowest BCUT2D eigenvalue weighted by molar-refractivity contribution is -0.870. The number of nitrogens with zero attached hydrogens (tertiary/aromatic N) is 1. The molecule has 0 saturated carbocycles. The number of hydrogen-bond donors (Lipinski definition) is 0. The third-order valence-corrected chi connectivity index (χ3v) is 9.62.